The monoisotopic (exact) mass is 307 g/mol. The van der Waals surface area contributed by atoms with E-state index in [2.05, 4.69) is 25.7 Å². The van der Waals surface area contributed by atoms with Gasteiger partial charge in [-0.15, -0.1) is 0 Å². The van der Waals surface area contributed by atoms with Crippen molar-refractivity contribution in [1.29, 1.82) is 0 Å². The molecule has 2 rings (SSSR count). The van der Waals surface area contributed by atoms with Gasteiger partial charge < -0.3 is 15.3 Å². The molecule has 0 spiro atoms. The maximum absolute atomic E-state index is 10.2. The molecule has 0 aliphatic carbocycles. The molecule has 124 valence electrons. The van der Waals surface area contributed by atoms with Crippen molar-refractivity contribution < 1.29 is 15.3 Å². The first-order valence-electron chi connectivity index (χ1n) is 8.16. The summed E-state index contributed by atoms with van der Waals surface area (Å²) >= 11 is 0. The van der Waals surface area contributed by atoms with Gasteiger partial charge in [0.15, 0.2) is 11.5 Å². The van der Waals surface area contributed by atoms with Crippen LogP contribution in [0.3, 0.4) is 0 Å². The molecule has 1 heterocycles. The van der Waals surface area contributed by atoms with Crippen LogP contribution in [-0.2, 0) is 12.0 Å². The summed E-state index contributed by atoms with van der Waals surface area (Å²) in [5.41, 5.74) is 1.70. The quantitative estimate of drug-likeness (QED) is 0.748. The highest BCUT2D eigenvalue weighted by Crippen LogP contribution is 2.37. The molecule has 0 saturated carbocycles. The van der Waals surface area contributed by atoms with Crippen molar-refractivity contribution in [1.82, 2.24) is 4.90 Å². The molecule has 1 fully saturated rings. The van der Waals surface area contributed by atoms with E-state index < -0.39 is 0 Å². The highest BCUT2D eigenvalue weighted by molar-refractivity contribution is 5.49. The largest absolute Gasteiger partial charge is 0.504 e. The van der Waals surface area contributed by atoms with Crippen LogP contribution in [0.5, 0.6) is 11.5 Å². The zero-order chi connectivity index (χ0) is 16.5. The molecule has 0 radical (unpaired) electrons. The molecular formula is C18H29NO3. The molecule has 0 bridgehead atoms. The first-order valence-corrected chi connectivity index (χ1v) is 8.16. The lowest BCUT2D eigenvalue weighted by atomic mass is 9.85. The van der Waals surface area contributed by atoms with Crippen LogP contribution in [0.25, 0.3) is 0 Å². The normalized spacial score (nSPS) is 21.2. The number of aliphatic hydroxyl groups excluding tert-OH is 1. The Balaban J connectivity index is 2.23. The molecule has 4 heteroatoms. The van der Waals surface area contributed by atoms with Crippen LogP contribution >= 0.6 is 0 Å². The summed E-state index contributed by atoms with van der Waals surface area (Å²) < 4.78 is 0. The van der Waals surface area contributed by atoms with Crippen molar-refractivity contribution in [3.63, 3.8) is 0 Å². The van der Waals surface area contributed by atoms with Crippen LogP contribution in [0.4, 0.5) is 0 Å². The summed E-state index contributed by atoms with van der Waals surface area (Å²) in [7, 11) is 0. The fourth-order valence-corrected chi connectivity index (χ4v) is 3.21. The van der Waals surface area contributed by atoms with Gasteiger partial charge >= 0.3 is 0 Å². The number of phenols is 2. The summed E-state index contributed by atoms with van der Waals surface area (Å²) in [4.78, 5) is 2.30. The second-order valence-corrected chi connectivity index (χ2v) is 7.60. The maximum atomic E-state index is 10.2. The van der Waals surface area contributed by atoms with Crippen LogP contribution in [-0.4, -0.2) is 38.9 Å². The minimum absolute atomic E-state index is 0.0179. The van der Waals surface area contributed by atoms with Crippen LogP contribution in [0.15, 0.2) is 12.1 Å². The third-order valence-electron chi connectivity index (χ3n) is 4.52. The fraction of sp³-hybridized carbons (Fsp3) is 0.667. The third-order valence-corrected chi connectivity index (χ3v) is 4.52. The molecule has 2 atom stereocenters. The van der Waals surface area contributed by atoms with Crippen molar-refractivity contribution in [2.75, 3.05) is 6.54 Å². The van der Waals surface area contributed by atoms with Gasteiger partial charge in [-0.25, -0.2) is 0 Å². The average Bonchev–Trinajstić information content (AvgIpc) is 2.80. The topological polar surface area (TPSA) is 63.9 Å². The Morgan fingerprint density at radius 1 is 1.27 bits per heavy atom. The van der Waals surface area contributed by atoms with Gasteiger partial charge in [-0.1, -0.05) is 26.8 Å². The van der Waals surface area contributed by atoms with E-state index in [1.165, 1.54) is 0 Å². The zero-order valence-electron chi connectivity index (χ0n) is 14.1. The molecule has 1 aromatic carbocycles. The molecule has 1 aliphatic rings. The summed E-state index contributed by atoms with van der Waals surface area (Å²) in [5.74, 6) is -0.0654. The lowest BCUT2D eigenvalue weighted by Gasteiger charge is -2.27. The maximum Gasteiger partial charge on any atom is 0.162 e. The third kappa shape index (κ3) is 3.93. The molecule has 1 saturated heterocycles. The smallest absolute Gasteiger partial charge is 0.162 e. The number of aliphatic hydroxyl groups is 1. The van der Waals surface area contributed by atoms with Gasteiger partial charge in [0.05, 0.1) is 6.10 Å². The van der Waals surface area contributed by atoms with Crippen molar-refractivity contribution in [3.05, 3.63) is 23.3 Å². The predicted molar refractivity (Wildman–Crippen MR) is 88.2 cm³/mol. The van der Waals surface area contributed by atoms with Crippen LogP contribution in [0.2, 0.25) is 0 Å². The van der Waals surface area contributed by atoms with Crippen molar-refractivity contribution in [3.8, 4) is 11.5 Å². The van der Waals surface area contributed by atoms with E-state index in [0.29, 0.717) is 12.6 Å². The summed E-state index contributed by atoms with van der Waals surface area (Å²) in [6, 6.07) is 3.99. The Hall–Kier alpha value is -1.26. The molecule has 0 aromatic heterocycles. The fourth-order valence-electron chi connectivity index (χ4n) is 3.21. The van der Waals surface area contributed by atoms with Crippen LogP contribution in [0, 0.1) is 0 Å². The Bertz CT molecular complexity index is 520. The van der Waals surface area contributed by atoms with Gasteiger partial charge in [-0.05, 0) is 49.8 Å². The van der Waals surface area contributed by atoms with Gasteiger partial charge in [0.1, 0.15) is 0 Å². The summed E-state index contributed by atoms with van der Waals surface area (Å²) in [6.45, 7) is 9.68. The van der Waals surface area contributed by atoms with Crippen LogP contribution < -0.4 is 0 Å². The number of hydrogen-bond donors (Lipinski definition) is 3. The highest BCUT2D eigenvalue weighted by Gasteiger charge is 2.27. The van der Waals surface area contributed by atoms with E-state index in [4.69, 9.17) is 0 Å². The standard InChI is InChI=1S/C18H29NO3/c1-12(20)8-15-6-5-7-19(15)11-13-9-14(18(2,3)4)10-16(21)17(13)22/h9-10,12,15,20-22H,5-8,11H2,1-4H3. The Morgan fingerprint density at radius 2 is 1.95 bits per heavy atom. The minimum Gasteiger partial charge on any atom is -0.504 e. The Kier molecular flexibility index (Phi) is 5.03. The minimum atomic E-state index is -0.312. The lowest BCUT2D eigenvalue weighted by molar-refractivity contribution is 0.130. The van der Waals surface area contributed by atoms with Gasteiger partial charge in [-0.3, -0.25) is 4.90 Å². The van der Waals surface area contributed by atoms with Crippen molar-refractivity contribution in [2.24, 2.45) is 0 Å². The number of benzene rings is 1. The Morgan fingerprint density at radius 3 is 2.55 bits per heavy atom. The number of hydrogen-bond acceptors (Lipinski definition) is 4. The van der Waals surface area contributed by atoms with Crippen LogP contribution in [0.1, 0.15) is 58.1 Å². The van der Waals surface area contributed by atoms with Crippen molar-refractivity contribution in [2.45, 2.75) is 71.1 Å². The average molecular weight is 307 g/mol. The zero-order valence-corrected chi connectivity index (χ0v) is 14.1. The molecule has 22 heavy (non-hydrogen) atoms. The number of rotatable bonds is 4. The molecule has 1 aliphatic heterocycles. The molecule has 1 aromatic rings. The SMILES string of the molecule is CC(O)CC1CCCN1Cc1cc(C(C)(C)C)cc(O)c1O. The molecule has 2 unspecified atom stereocenters. The second kappa shape index (κ2) is 6.47. The van der Waals surface area contributed by atoms with Gasteiger partial charge in [-0.2, -0.15) is 0 Å². The number of likely N-dealkylation sites (tertiary alicyclic amines) is 1. The van der Waals surface area contributed by atoms with E-state index in [9.17, 15) is 15.3 Å². The van der Waals surface area contributed by atoms with E-state index in [1.54, 1.807) is 6.07 Å². The number of aromatic hydroxyl groups is 2. The van der Waals surface area contributed by atoms with Gasteiger partial charge in [0.2, 0.25) is 0 Å². The first kappa shape index (κ1) is 17.1. The van der Waals surface area contributed by atoms with E-state index in [-0.39, 0.29) is 23.0 Å². The van der Waals surface area contributed by atoms with E-state index in [1.807, 2.05) is 13.0 Å². The molecular weight excluding hydrogens is 278 g/mol. The second-order valence-electron chi connectivity index (χ2n) is 7.60. The van der Waals surface area contributed by atoms with Crippen molar-refractivity contribution >= 4 is 0 Å². The predicted octanol–water partition coefficient (Wildman–Crippen LogP) is 3.13. The number of nitrogens with zero attached hydrogens (tertiary/aromatic N) is 1. The van der Waals surface area contributed by atoms with E-state index >= 15 is 0 Å². The summed E-state index contributed by atoms with van der Waals surface area (Å²) in [5, 5.41) is 29.8. The van der Waals surface area contributed by atoms with Gasteiger partial charge in [0, 0.05) is 18.2 Å². The molecule has 3 N–H and O–H groups in total. The highest BCUT2D eigenvalue weighted by atomic mass is 16.3. The molecule has 4 nitrogen and oxygen atoms in total. The summed E-state index contributed by atoms with van der Waals surface area (Å²) in [6.07, 6.45) is 2.64. The lowest BCUT2D eigenvalue weighted by Crippen LogP contribution is -2.31. The first-order chi connectivity index (χ1) is 10.2. The molecule has 0 amide bonds. The number of phenolic OH excluding ortho intramolecular Hbond substituents is 2. The van der Waals surface area contributed by atoms with Gasteiger partial charge in [0.25, 0.3) is 0 Å². The Labute approximate surface area is 133 Å². The van der Waals surface area contributed by atoms with E-state index in [0.717, 1.165) is 36.9 Å².